The molecule has 0 atom stereocenters. The van der Waals surface area contributed by atoms with E-state index in [2.05, 4.69) is 16.5 Å². The van der Waals surface area contributed by atoms with Gasteiger partial charge in [-0.2, -0.15) is 4.79 Å². The van der Waals surface area contributed by atoms with Crippen molar-refractivity contribution >= 4 is 18.2 Å². The lowest BCUT2D eigenvalue weighted by molar-refractivity contribution is -0.141. The molecule has 0 aromatic heterocycles. The minimum atomic E-state index is -1.25. The molecule has 0 fully saturated rings. The Morgan fingerprint density at radius 2 is 2.14 bits per heavy atom. The third kappa shape index (κ3) is 22.4. The van der Waals surface area contributed by atoms with E-state index in [1.807, 2.05) is 0 Å². The lowest BCUT2D eigenvalue weighted by atomic mass is 10.4. The van der Waals surface area contributed by atoms with Crippen LogP contribution < -0.4 is 0 Å². The first-order chi connectivity index (χ1) is 6.54. The van der Waals surface area contributed by atoms with Gasteiger partial charge in [0.15, 0.2) is 0 Å². The Kier molecular flexibility index (Phi) is 12.0. The first kappa shape index (κ1) is 14.8. The maximum absolute atomic E-state index is 10.1. The van der Waals surface area contributed by atoms with Crippen LogP contribution in [0.25, 0.3) is 5.53 Å². The number of esters is 1. The van der Waals surface area contributed by atoms with Gasteiger partial charge >= 0.3 is 18.2 Å². The highest BCUT2D eigenvalue weighted by Crippen LogP contribution is 1.86. The van der Waals surface area contributed by atoms with Crippen molar-refractivity contribution < 1.29 is 24.2 Å². The lowest BCUT2D eigenvalue weighted by Gasteiger charge is -1.96. The number of nitrogens with zero attached hydrogens (tertiary/aromatic N) is 2. The van der Waals surface area contributed by atoms with Crippen LogP contribution in [0, 0.1) is 0 Å². The van der Waals surface area contributed by atoms with Crippen molar-refractivity contribution in [2.75, 3.05) is 6.61 Å². The third-order valence-electron chi connectivity index (χ3n) is 0.971. The van der Waals surface area contributed by atoms with E-state index < -0.39 is 5.97 Å². The number of carboxylic acid groups (broad SMARTS) is 1. The maximum Gasteiger partial charge on any atom is 0.411 e. The molecule has 0 saturated heterocycles. The van der Waals surface area contributed by atoms with E-state index in [0.717, 1.165) is 12.8 Å². The minimum absolute atomic E-state index is 0.182. The zero-order valence-corrected chi connectivity index (χ0v) is 8.27. The Morgan fingerprint density at radius 3 is 2.36 bits per heavy atom. The maximum atomic E-state index is 10.1. The number of hydrogen-bond donors (Lipinski definition) is 1. The number of hydrogen-bond acceptors (Lipinski definition) is 3. The average molecular weight is 202 g/mol. The first-order valence-electron chi connectivity index (χ1n) is 4.08. The van der Waals surface area contributed by atoms with Crippen molar-refractivity contribution in [3.63, 3.8) is 0 Å². The van der Waals surface area contributed by atoms with Crippen LogP contribution >= 0.6 is 0 Å². The van der Waals surface area contributed by atoms with E-state index in [-0.39, 0.29) is 5.97 Å². The molecule has 0 aliphatic rings. The summed E-state index contributed by atoms with van der Waals surface area (Å²) >= 11 is 0. The normalized spacial score (nSPS) is 7.57. The molecule has 0 spiro atoms. The molecule has 0 rings (SSSR count). The molecule has 0 aliphatic carbocycles. The molecule has 0 aliphatic heterocycles. The van der Waals surface area contributed by atoms with Crippen molar-refractivity contribution in [2.24, 2.45) is 0 Å². The Balaban J connectivity index is 0. The van der Waals surface area contributed by atoms with Crippen LogP contribution in [-0.4, -0.2) is 34.7 Å². The number of ether oxygens (including phenoxy) is 1. The van der Waals surface area contributed by atoms with E-state index in [0.29, 0.717) is 12.8 Å². The molecule has 6 nitrogen and oxygen atoms in total. The van der Waals surface area contributed by atoms with E-state index in [1.54, 1.807) is 0 Å². The molecule has 0 heterocycles. The van der Waals surface area contributed by atoms with Gasteiger partial charge in [0.25, 0.3) is 0 Å². The SMILES string of the molecule is CCCCOC(C)=O.[N-]=[N+]=CC(=O)O. The Morgan fingerprint density at radius 1 is 1.57 bits per heavy atom. The van der Waals surface area contributed by atoms with E-state index in [1.165, 1.54) is 6.92 Å². The van der Waals surface area contributed by atoms with E-state index in [9.17, 15) is 9.59 Å². The van der Waals surface area contributed by atoms with Crippen LogP contribution in [0.5, 0.6) is 0 Å². The fraction of sp³-hybridized carbons (Fsp3) is 0.625. The highest BCUT2D eigenvalue weighted by atomic mass is 16.5. The van der Waals surface area contributed by atoms with Gasteiger partial charge in [0, 0.05) is 6.92 Å². The average Bonchev–Trinajstić information content (AvgIpc) is 2.05. The fourth-order valence-corrected chi connectivity index (χ4v) is 0.410. The van der Waals surface area contributed by atoms with Gasteiger partial charge in [-0.3, -0.25) is 4.79 Å². The predicted octanol–water partition coefficient (Wildman–Crippen LogP) is 0.721. The van der Waals surface area contributed by atoms with E-state index in [4.69, 9.17) is 10.6 Å². The Bertz CT molecular complexity index is 221. The summed E-state index contributed by atoms with van der Waals surface area (Å²) in [5.41, 5.74) is 7.43. The van der Waals surface area contributed by atoms with Crippen molar-refractivity contribution in [1.82, 2.24) is 0 Å². The van der Waals surface area contributed by atoms with Crippen LogP contribution in [0.2, 0.25) is 0 Å². The number of carbonyl (C=O) groups excluding carboxylic acids is 1. The second-order valence-corrected chi connectivity index (χ2v) is 2.28. The van der Waals surface area contributed by atoms with Gasteiger partial charge in [0.05, 0.1) is 6.61 Å². The molecule has 0 bridgehead atoms. The van der Waals surface area contributed by atoms with Gasteiger partial charge in [-0.25, -0.2) is 4.79 Å². The summed E-state index contributed by atoms with van der Waals surface area (Å²) < 4.78 is 4.64. The number of carboxylic acids is 1. The monoisotopic (exact) mass is 202 g/mol. The van der Waals surface area contributed by atoms with Gasteiger partial charge in [0.1, 0.15) is 0 Å². The van der Waals surface area contributed by atoms with Crippen LogP contribution in [-0.2, 0) is 14.3 Å². The van der Waals surface area contributed by atoms with Crippen molar-refractivity contribution in [3.8, 4) is 0 Å². The van der Waals surface area contributed by atoms with Gasteiger partial charge in [-0.1, -0.05) is 13.3 Å². The Hall–Kier alpha value is -1.68. The molecular formula is C8H14N2O4. The highest BCUT2D eigenvalue weighted by molar-refractivity contribution is 6.19. The summed E-state index contributed by atoms with van der Waals surface area (Å²) in [6.07, 6.45) is 2.44. The summed E-state index contributed by atoms with van der Waals surface area (Å²) in [4.78, 5) is 21.6. The van der Waals surface area contributed by atoms with Crippen molar-refractivity contribution in [3.05, 3.63) is 5.53 Å². The van der Waals surface area contributed by atoms with Crippen molar-refractivity contribution in [2.45, 2.75) is 26.7 Å². The lowest BCUT2D eigenvalue weighted by Crippen LogP contribution is -1.99. The molecular weight excluding hydrogens is 188 g/mol. The molecule has 1 N–H and O–H groups in total. The molecule has 0 amide bonds. The molecule has 0 aromatic carbocycles. The quantitative estimate of drug-likeness (QED) is 0.238. The molecule has 0 saturated carbocycles. The van der Waals surface area contributed by atoms with Gasteiger partial charge in [-0.15, -0.1) is 0 Å². The van der Waals surface area contributed by atoms with Gasteiger partial charge in [0.2, 0.25) is 0 Å². The van der Waals surface area contributed by atoms with Crippen LogP contribution in [0.1, 0.15) is 26.7 Å². The zero-order valence-electron chi connectivity index (χ0n) is 8.27. The first-order valence-corrected chi connectivity index (χ1v) is 4.08. The number of unbranched alkanes of at least 4 members (excludes halogenated alkanes) is 1. The summed E-state index contributed by atoms with van der Waals surface area (Å²) in [6, 6.07) is 0. The van der Waals surface area contributed by atoms with Crippen molar-refractivity contribution in [1.29, 1.82) is 0 Å². The highest BCUT2D eigenvalue weighted by Gasteiger charge is 1.88. The number of carbonyl (C=O) groups is 2. The zero-order chi connectivity index (χ0) is 11.4. The summed E-state index contributed by atoms with van der Waals surface area (Å²) in [6.45, 7) is 4.06. The fourth-order valence-electron chi connectivity index (χ4n) is 0.410. The largest absolute Gasteiger partial charge is 0.473 e. The smallest absolute Gasteiger partial charge is 0.411 e. The number of aliphatic carboxylic acids is 1. The summed E-state index contributed by atoms with van der Waals surface area (Å²) in [5.74, 6) is -1.43. The van der Waals surface area contributed by atoms with Crippen LogP contribution in [0.3, 0.4) is 0 Å². The van der Waals surface area contributed by atoms with Crippen LogP contribution in [0.15, 0.2) is 0 Å². The second-order valence-electron chi connectivity index (χ2n) is 2.28. The molecule has 6 heteroatoms. The topological polar surface area (TPSA) is 100 Å². The molecule has 0 unspecified atom stereocenters. The summed E-state index contributed by atoms with van der Waals surface area (Å²) in [5, 5.41) is 7.60. The minimum Gasteiger partial charge on any atom is -0.473 e. The van der Waals surface area contributed by atoms with E-state index >= 15 is 0 Å². The van der Waals surface area contributed by atoms with Gasteiger partial charge in [-0.05, 0) is 6.42 Å². The predicted molar refractivity (Wildman–Crippen MR) is 48.9 cm³/mol. The molecule has 0 aromatic rings. The Labute approximate surface area is 82.1 Å². The van der Waals surface area contributed by atoms with Crippen LogP contribution in [0.4, 0.5) is 0 Å². The molecule has 14 heavy (non-hydrogen) atoms. The molecule has 0 radical (unpaired) electrons. The third-order valence-corrected chi connectivity index (χ3v) is 0.971. The standard InChI is InChI=1S/C6H12O2.C2H2N2O2/c1-3-4-5-8-6(2)7;3-4-1-2(5)6/h3-5H2,1-2H3;1H,(H,5,6). The van der Waals surface area contributed by atoms with Gasteiger partial charge < -0.3 is 15.4 Å². The summed E-state index contributed by atoms with van der Waals surface area (Å²) in [7, 11) is 0. The second kappa shape index (κ2) is 11.3. The number of rotatable bonds is 4. The molecule has 80 valence electrons.